The Morgan fingerprint density at radius 2 is 1.76 bits per heavy atom. The van der Waals surface area contributed by atoms with E-state index in [2.05, 4.69) is 31.2 Å². The highest BCUT2D eigenvalue weighted by Gasteiger charge is 2.10. The second-order valence-corrected chi connectivity index (χ2v) is 4.12. The topological polar surface area (TPSA) is 46.3 Å². The van der Waals surface area contributed by atoms with Crippen LogP contribution in [0.15, 0.2) is 24.3 Å². The molecule has 0 radical (unpaired) electrons. The summed E-state index contributed by atoms with van der Waals surface area (Å²) in [6.07, 6.45) is 1.48. The van der Waals surface area contributed by atoms with Crippen molar-refractivity contribution in [3.63, 3.8) is 0 Å². The van der Waals surface area contributed by atoms with Gasteiger partial charge in [0.2, 0.25) is 5.91 Å². The summed E-state index contributed by atoms with van der Waals surface area (Å²) in [5, 5.41) is 0. The molecule has 3 heteroatoms. The number of benzene rings is 1. The second-order valence-electron chi connectivity index (χ2n) is 4.12. The lowest BCUT2D eigenvalue weighted by Gasteiger charge is -2.20. The lowest BCUT2D eigenvalue weighted by molar-refractivity contribution is -0.131. The van der Waals surface area contributed by atoms with Crippen molar-refractivity contribution in [2.24, 2.45) is 5.73 Å². The average molecular weight is 234 g/mol. The van der Waals surface area contributed by atoms with E-state index < -0.39 is 0 Å². The van der Waals surface area contributed by atoms with Crippen LogP contribution in [0.4, 0.5) is 0 Å². The molecule has 0 aliphatic rings. The molecule has 0 heterocycles. The summed E-state index contributed by atoms with van der Waals surface area (Å²) in [5.74, 6) is 0.134. The Bertz CT molecular complexity index is 346. The van der Waals surface area contributed by atoms with Crippen molar-refractivity contribution in [2.45, 2.75) is 33.2 Å². The summed E-state index contributed by atoms with van der Waals surface area (Å²) in [4.78, 5) is 13.6. The maximum absolute atomic E-state index is 11.7. The van der Waals surface area contributed by atoms with Gasteiger partial charge in [0.25, 0.3) is 0 Å². The third kappa shape index (κ3) is 4.19. The average Bonchev–Trinajstić information content (AvgIpc) is 2.37. The van der Waals surface area contributed by atoms with Crippen LogP contribution in [-0.2, 0) is 17.8 Å². The summed E-state index contributed by atoms with van der Waals surface area (Å²) in [7, 11) is 0. The molecule has 0 spiro atoms. The van der Waals surface area contributed by atoms with Crippen LogP contribution < -0.4 is 5.73 Å². The Hall–Kier alpha value is -1.35. The van der Waals surface area contributed by atoms with Crippen molar-refractivity contribution < 1.29 is 4.79 Å². The van der Waals surface area contributed by atoms with Crippen molar-refractivity contribution in [3.05, 3.63) is 35.4 Å². The molecule has 0 unspecified atom stereocenters. The van der Waals surface area contributed by atoms with E-state index in [4.69, 9.17) is 5.73 Å². The quantitative estimate of drug-likeness (QED) is 0.817. The van der Waals surface area contributed by atoms with Gasteiger partial charge in [-0.3, -0.25) is 4.79 Å². The molecule has 1 aromatic rings. The van der Waals surface area contributed by atoms with Crippen molar-refractivity contribution >= 4 is 5.91 Å². The van der Waals surface area contributed by atoms with E-state index in [9.17, 15) is 4.79 Å². The maximum Gasteiger partial charge on any atom is 0.224 e. The molecular formula is C14H22N2O. The van der Waals surface area contributed by atoms with Crippen molar-refractivity contribution in [1.82, 2.24) is 4.90 Å². The molecule has 94 valence electrons. The lowest BCUT2D eigenvalue weighted by atomic mass is 10.1. The standard InChI is InChI=1S/C14H22N2O/c1-3-12-5-7-13(8-6-12)11-16(4-2)14(17)9-10-15/h5-8H,3-4,9-11,15H2,1-2H3. The smallest absolute Gasteiger partial charge is 0.224 e. The predicted octanol–water partition coefficient (Wildman–Crippen LogP) is 1.95. The monoisotopic (exact) mass is 234 g/mol. The molecule has 1 amide bonds. The Morgan fingerprint density at radius 1 is 1.18 bits per heavy atom. The maximum atomic E-state index is 11.7. The first-order chi connectivity index (χ1) is 8.21. The van der Waals surface area contributed by atoms with Crippen LogP contribution in [0.2, 0.25) is 0 Å². The molecule has 0 aliphatic heterocycles. The van der Waals surface area contributed by atoms with Crippen LogP contribution in [0.25, 0.3) is 0 Å². The van der Waals surface area contributed by atoms with E-state index in [1.807, 2.05) is 11.8 Å². The van der Waals surface area contributed by atoms with Gasteiger partial charge in [-0.25, -0.2) is 0 Å². The van der Waals surface area contributed by atoms with Crippen molar-refractivity contribution in [3.8, 4) is 0 Å². The van der Waals surface area contributed by atoms with Crippen LogP contribution in [0.1, 0.15) is 31.4 Å². The minimum absolute atomic E-state index is 0.134. The fourth-order valence-electron chi connectivity index (χ4n) is 1.76. The molecule has 0 saturated heterocycles. The first-order valence-corrected chi connectivity index (χ1v) is 6.26. The zero-order chi connectivity index (χ0) is 12.7. The predicted molar refractivity (Wildman–Crippen MR) is 70.6 cm³/mol. The second kappa shape index (κ2) is 7.07. The Balaban J connectivity index is 2.63. The Kier molecular flexibility index (Phi) is 5.70. The van der Waals surface area contributed by atoms with Gasteiger partial charge in [0.1, 0.15) is 0 Å². The van der Waals surface area contributed by atoms with E-state index in [0.717, 1.165) is 13.0 Å². The van der Waals surface area contributed by atoms with E-state index in [0.29, 0.717) is 19.5 Å². The van der Waals surface area contributed by atoms with Crippen LogP contribution in [-0.4, -0.2) is 23.9 Å². The number of carbonyl (C=O) groups is 1. The van der Waals surface area contributed by atoms with Crippen LogP contribution in [0.3, 0.4) is 0 Å². The first-order valence-electron chi connectivity index (χ1n) is 6.26. The normalized spacial score (nSPS) is 10.3. The SMILES string of the molecule is CCc1ccc(CN(CC)C(=O)CCN)cc1. The van der Waals surface area contributed by atoms with Crippen LogP contribution >= 0.6 is 0 Å². The van der Waals surface area contributed by atoms with Gasteiger partial charge < -0.3 is 10.6 Å². The summed E-state index contributed by atoms with van der Waals surface area (Å²) in [6.45, 7) is 5.96. The van der Waals surface area contributed by atoms with Gasteiger partial charge in [-0.1, -0.05) is 31.2 Å². The van der Waals surface area contributed by atoms with E-state index in [1.54, 1.807) is 0 Å². The van der Waals surface area contributed by atoms with Crippen molar-refractivity contribution in [2.75, 3.05) is 13.1 Å². The first kappa shape index (κ1) is 13.7. The van der Waals surface area contributed by atoms with Gasteiger partial charge in [-0.05, 0) is 24.5 Å². The highest BCUT2D eigenvalue weighted by molar-refractivity contribution is 5.76. The third-order valence-electron chi connectivity index (χ3n) is 2.90. The van der Waals surface area contributed by atoms with Gasteiger partial charge in [0.15, 0.2) is 0 Å². The van der Waals surface area contributed by atoms with Crippen LogP contribution in [0.5, 0.6) is 0 Å². The fraction of sp³-hybridized carbons (Fsp3) is 0.500. The third-order valence-corrected chi connectivity index (χ3v) is 2.90. The minimum Gasteiger partial charge on any atom is -0.339 e. The molecule has 0 aromatic heterocycles. The lowest BCUT2D eigenvalue weighted by Crippen LogP contribution is -2.31. The number of aryl methyl sites for hydroxylation is 1. The fourth-order valence-corrected chi connectivity index (χ4v) is 1.76. The molecule has 1 rings (SSSR count). The number of rotatable bonds is 6. The summed E-state index contributed by atoms with van der Waals surface area (Å²) >= 11 is 0. The highest BCUT2D eigenvalue weighted by atomic mass is 16.2. The van der Waals surface area contributed by atoms with Gasteiger partial charge >= 0.3 is 0 Å². The molecule has 0 saturated carbocycles. The zero-order valence-electron chi connectivity index (χ0n) is 10.8. The number of carbonyl (C=O) groups excluding carboxylic acids is 1. The zero-order valence-corrected chi connectivity index (χ0v) is 10.8. The Labute approximate surface area is 104 Å². The number of nitrogens with two attached hydrogens (primary N) is 1. The summed E-state index contributed by atoms with van der Waals surface area (Å²) in [6, 6.07) is 8.43. The number of nitrogens with zero attached hydrogens (tertiary/aromatic N) is 1. The van der Waals surface area contributed by atoms with Gasteiger partial charge in [0.05, 0.1) is 0 Å². The summed E-state index contributed by atoms with van der Waals surface area (Å²) in [5.41, 5.74) is 7.91. The molecule has 0 aliphatic carbocycles. The molecule has 0 fully saturated rings. The van der Waals surface area contributed by atoms with Crippen molar-refractivity contribution in [1.29, 1.82) is 0 Å². The molecule has 0 atom stereocenters. The molecular weight excluding hydrogens is 212 g/mol. The minimum atomic E-state index is 0.134. The highest BCUT2D eigenvalue weighted by Crippen LogP contribution is 2.09. The number of hydrogen-bond donors (Lipinski definition) is 1. The number of hydrogen-bond acceptors (Lipinski definition) is 2. The van der Waals surface area contributed by atoms with E-state index in [1.165, 1.54) is 11.1 Å². The molecule has 17 heavy (non-hydrogen) atoms. The van der Waals surface area contributed by atoms with Gasteiger partial charge in [-0.2, -0.15) is 0 Å². The van der Waals surface area contributed by atoms with Gasteiger partial charge in [0, 0.05) is 26.1 Å². The molecule has 3 nitrogen and oxygen atoms in total. The molecule has 2 N–H and O–H groups in total. The van der Waals surface area contributed by atoms with E-state index in [-0.39, 0.29) is 5.91 Å². The molecule has 0 bridgehead atoms. The Morgan fingerprint density at radius 3 is 2.24 bits per heavy atom. The summed E-state index contributed by atoms with van der Waals surface area (Å²) < 4.78 is 0. The largest absolute Gasteiger partial charge is 0.339 e. The van der Waals surface area contributed by atoms with E-state index >= 15 is 0 Å². The molecule has 1 aromatic carbocycles. The van der Waals surface area contributed by atoms with Gasteiger partial charge in [-0.15, -0.1) is 0 Å². The van der Waals surface area contributed by atoms with Crippen LogP contribution in [0, 0.1) is 0 Å². The number of amides is 1.